The minimum absolute atomic E-state index is 0.0155. The zero-order chi connectivity index (χ0) is 14.4. The van der Waals surface area contributed by atoms with Crippen LogP contribution < -0.4 is 5.32 Å². The van der Waals surface area contributed by atoms with Gasteiger partial charge in [0.1, 0.15) is 5.17 Å². The molecule has 6 heteroatoms. The fourth-order valence-electron chi connectivity index (χ4n) is 1.14. The molecule has 0 heterocycles. The van der Waals surface area contributed by atoms with Crippen molar-refractivity contribution in [1.29, 1.82) is 0 Å². The van der Waals surface area contributed by atoms with Gasteiger partial charge in [-0.2, -0.15) is 0 Å². The van der Waals surface area contributed by atoms with Crippen molar-refractivity contribution in [3.8, 4) is 0 Å². The van der Waals surface area contributed by atoms with E-state index >= 15 is 0 Å². The summed E-state index contributed by atoms with van der Waals surface area (Å²) >= 11 is 5.54. The molecular weight excluding hydrogens is 274 g/mol. The number of nitrogens with one attached hydrogen (secondary N) is 1. The van der Waals surface area contributed by atoms with Crippen LogP contribution >= 0.6 is 11.6 Å². The maximum absolute atomic E-state index is 13.0. The fourth-order valence-corrected chi connectivity index (χ4v) is 1.18. The summed E-state index contributed by atoms with van der Waals surface area (Å²) in [6.45, 7) is 5.05. The third kappa shape index (κ3) is 4.63. The maximum Gasteiger partial charge on any atom is 0.255 e. The Morgan fingerprint density at radius 3 is 2.63 bits per heavy atom. The van der Waals surface area contributed by atoms with Crippen LogP contribution in [0.2, 0.25) is 0 Å². The number of aliphatic imine (C=N–C) groups is 1. The quantitative estimate of drug-likeness (QED) is 0.668. The highest BCUT2D eigenvalue weighted by molar-refractivity contribution is 6.64. The molecule has 0 radical (unpaired) electrons. The third-order valence-corrected chi connectivity index (χ3v) is 2.14. The van der Waals surface area contributed by atoms with Crippen LogP contribution in [-0.2, 0) is 0 Å². The maximum atomic E-state index is 13.0. The minimum atomic E-state index is -1.09. The summed E-state index contributed by atoms with van der Waals surface area (Å²) in [5, 5.41) is 2.71. The summed E-state index contributed by atoms with van der Waals surface area (Å²) in [6.07, 6.45) is 2.65. The second-order valence-corrected chi connectivity index (χ2v) is 4.04. The van der Waals surface area contributed by atoms with Crippen LogP contribution in [0.5, 0.6) is 0 Å². The molecule has 3 nitrogen and oxygen atoms in total. The lowest BCUT2D eigenvalue weighted by molar-refractivity contribution is 0.0966. The Morgan fingerprint density at radius 1 is 1.42 bits per heavy atom. The Balaban J connectivity index is 2.89. The molecule has 0 atom stereocenters. The van der Waals surface area contributed by atoms with Crippen molar-refractivity contribution in [3.63, 3.8) is 0 Å². The van der Waals surface area contributed by atoms with Gasteiger partial charge in [-0.1, -0.05) is 18.2 Å². The molecule has 0 fully saturated rings. The molecule has 0 aliphatic carbocycles. The van der Waals surface area contributed by atoms with Crippen LogP contribution in [0.25, 0.3) is 0 Å². The van der Waals surface area contributed by atoms with Gasteiger partial charge in [0, 0.05) is 5.56 Å². The standard InChI is InChI=1S/C13H11ClF2N2O/c1-3-10(7-17-8(2)14)18-13(19)9-4-5-11(15)12(16)6-9/h3-7H,1H2,2H3,(H,18,19)/b10-7+,17-8?. The van der Waals surface area contributed by atoms with E-state index in [4.69, 9.17) is 11.6 Å². The van der Waals surface area contributed by atoms with Crippen molar-refractivity contribution in [1.82, 2.24) is 5.32 Å². The van der Waals surface area contributed by atoms with E-state index in [0.717, 1.165) is 12.1 Å². The van der Waals surface area contributed by atoms with Gasteiger partial charge in [-0.3, -0.25) is 4.79 Å². The average Bonchev–Trinajstić information content (AvgIpc) is 2.37. The van der Waals surface area contributed by atoms with E-state index in [1.165, 1.54) is 18.3 Å². The van der Waals surface area contributed by atoms with Crippen molar-refractivity contribution >= 4 is 22.7 Å². The van der Waals surface area contributed by atoms with Gasteiger partial charge in [0.2, 0.25) is 0 Å². The van der Waals surface area contributed by atoms with E-state index in [1.54, 1.807) is 6.92 Å². The Morgan fingerprint density at radius 2 is 2.11 bits per heavy atom. The SMILES string of the molecule is C=C/C(=C\N=C(C)Cl)NC(=O)c1ccc(F)c(F)c1. The first kappa shape index (κ1) is 15.0. The normalized spacial score (nSPS) is 12.2. The molecule has 1 rings (SSSR count). The molecule has 0 spiro atoms. The lowest BCUT2D eigenvalue weighted by Crippen LogP contribution is -2.22. The predicted octanol–water partition coefficient (Wildman–Crippen LogP) is 3.38. The zero-order valence-electron chi connectivity index (χ0n) is 10.1. The molecule has 0 saturated heterocycles. The van der Waals surface area contributed by atoms with Crippen molar-refractivity contribution in [3.05, 3.63) is 59.9 Å². The van der Waals surface area contributed by atoms with Crippen LogP contribution in [0, 0.1) is 11.6 Å². The number of rotatable bonds is 4. The first-order valence-electron chi connectivity index (χ1n) is 5.23. The van der Waals surface area contributed by atoms with E-state index in [1.807, 2.05) is 0 Å². The van der Waals surface area contributed by atoms with Gasteiger partial charge >= 0.3 is 0 Å². The average molecular weight is 285 g/mol. The van der Waals surface area contributed by atoms with Gasteiger partial charge in [0.15, 0.2) is 11.6 Å². The summed E-state index contributed by atoms with van der Waals surface area (Å²) in [4.78, 5) is 15.5. The molecule has 19 heavy (non-hydrogen) atoms. The van der Waals surface area contributed by atoms with Gasteiger partial charge in [-0.05, 0) is 31.2 Å². The topological polar surface area (TPSA) is 41.5 Å². The van der Waals surface area contributed by atoms with Gasteiger partial charge in [0.05, 0.1) is 11.9 Å². The van der Waals surface area contributed by atoms with E-state index in [2.05, 4.69) is 16.9 Å². The highest BCUT2D eigenvalue weighted by atomic mass is 35.5. The Kier molecular flexibility index (Phi) is 5.38. The zero-order valence-corrected chi connectivity index (χ0v) is 10.8. The summed E-state index contributed by atoms with van der Waals surface area (Å²) in [6, 6.07) is 2.86. The molecule has 1 amide bonds. The molecule has 1 aromatic carbocycles. The first-order valence-corrected chi connectivity index (χ1v) is 5.60. The van der Waals surface area contributed by atoms with Gasteiger partial charge < -0.3 is 5.32 Å². The molecule has 0 aliphatic heterocycles. The number of benzene rings is 1. The number of carbonyl (C=O) groups is 1. The van der Waals surface area contributed by atoms with Crippen LogP contribution in [0.1, 0.15) is 17.3 Å². The highest BCUT2D eigenvalue weighted by Crippen LogP contribution is 2.09. The van der Waals surface area contributed by atoms with Gasteiger partial charge in [-0.25, -0.2) is 13.8 Å². The molecule has 0 unspecified atom stereocenters. The van der Waals surface area contributed by atoms with E-state index in [-0.39, 0.29) is 16.4 Å². The molecule has 0 saturated carbocycles. The number of hydrogen-bond donors (Lipinski definition) is 1. The monoisotopic (exact) mass is 284 g/mol. The third-order valence-electron chi connectivity index (χ3n) is 2.04. The van der Waals surface area contributed by atoms with Crippen molar-refractivity contribution in [2.45, 2.75) is 6.92 Å². The number of allylic oxidation sites excluding steroid dienone is 1. The van der Waals surface area contributed by atoms with E-state index < -0.39 is 17.5 Å². The summed E-state index contributed by atoms with van der Waals surface area (Å²) in [5.41, 5.74) is 0.271. The fraction of sp³-hybridized carbons (Fsp3) is 0.0769. The number of halogens is 3. The summed E-state index contributed by atoms with van der Waals surface area (Å²) < 4.78 is 25.7. The first-order chi connectivity index (χ1) is 8.93. The van der Waals surface area contributed by atoms with E-state index in [9.17, 15) is 13.6 Å². The molecule has 100 valence electrons. The van der Waals surface area contributed by atoms with Crippen LogP contribution in [0.15, 0.2) is 47.7 Å². The minimum Gasteiger partial charge on any atom is -0.321 e. The van der Waals surface area contributed by atoms with Gasteiger partial charge in [0.25, 0.3) is 5.91 Å². The Hall–Kier alpha value is -2.01. The lowest BCUT2D eigenvalue weighted by atomic mass is 10.2. The van der Waals surface area contributed by atoms with Crippen LogP contribution in [0.4, 0.5) is 8.78 Å². The number of nitrogens with zero attached hydrogens (tertiary/aromatic N) is 1. The number of carbonyl (C=O) groups excluding carboxylic acids is 1. The molecule has 0 bridgehead atoms. The number of hydrogen-bond acceptors (Lipinski definition) is 2. The second-order valence-electron chi connectivity index (χ2n) is 3.50. The summed E-state index contributed by atoms with van der Waals surface area (Å²) in [5.74, 6) is -2.71. The van der Waals surface area contributed by atoms with Crippen molar-refractivity contribution < 1.29 is 13.6 Å². The van der Waals surface area contributed by atoms with Gasteiger partial charge in [-0.15, -0.1) is 0 Å². The number of amides is 1. The van der Waals surface area contributed by atoms with E-state index in [0.29, 0.717) is 0 Å². The smallest absolute Gasteiger partial charge is 0.255 e. The summed E-state index contributed by atoms with van der Waals surface area (Å²) in [7, 11) is 0. The molecule has 0 aromatic heterocycles. The van der Waals surface area contributed by atoms with Crippen molar-refractivity contribution in [2.75, 3.05) is 0 Å². The molecule has 0 aliphatic rings. The second kappa shape index (κ2) is 6.80. The molecule has 1 aromatic rings. The van der Waals surface area contributed by atoms with Crippen LogP contribution in [0.3, 0.4) is 0 Å². The molecule has 1 N–H and O–H groups in total. The highest BCUT2D eigenvalue weighted by Gasteiger charge is 2.10. The predicted molar refractivity (Wildman–Crippen MR) is 71.1 cm³/mol. The Bertz CT molecular complexity index is 564. The Labute approximate surface area is 114 Å². The van der Waals surface area contributed by atoms with Crippen LogP contribution in [-0.4, -0.2) is 11.1 Å². The molecular formula is C13H11ClF2N2O. The largest absolute Gasteiger partial charge is 0.321 e. The van der Waals surface area contributed by atoms with Crippen molar-refractivity contribution in [2.24, 2.45) is 4.99 Å². The lowest BCUT2D eigenvalue weighted by Gasteiger charge is -2.05.